The molecule has 1 unspecified atom stereocenters. The van der Waals surface area contributed by atoms with Crippen LogP contribution in [-0.4, -0.2) is 46.3 Å². The molecule has 1 amide bonds. The molecule has 2 heterocycles. The Morgan fingerprint density at radius 2 is 1.97 bits per heavy atom. The number of carbonyl (C=O) groups is 2. The number of halogens is 1. The van der Waals surface area contributed by atoms with Gasteiger partial charge in [0.2, 0.25) is 5.71 Å². The summed E-state index contributed by atoms with van der Waals surface area (Å²) in [4.78, 5) is 28.3. The lowest BCUT2D eigenvalue weighted by Crippen LogP contribution is -2.28. The average molecular weight is 477 g/mol. The Morgan fingerprint density at radius 3 is 2.58 bits per heavy atom. The van der Waals surface area contributed by atoms with E-state index >= 15 is 0 Å². The highest BCUT2D eigenvalue weighted by molar-refractivity contribution is 7.80. The lowest BCUT2D eigenvalue weighted by Gasteiger charge is -2.26. The van der Waals surface area contributed by atoms with Gasteiger partial charge in [-0.1, -0.05) is 0 Å². The van der Waals surface area contributed by atoms with E-state index in [9.17, 15) is 22.7 Å². The Bertz CT molecular complexity index is 1200. The summed E-state index contributed by atoms with van der Waals surface area (Å²) >= 11 is -2.63. The van der Waals surface area contributed by atoms with E-state index in [1.54, 1.807) is 13.0 Å². The Labute approximate surface area is 192 Å². The number of hydrogen-bond donors (Lipinski definition) is 1. The van der Waals surface area contributed by atoms with Crippen molar-refractivity contribution in [1.29, 1.82) is 0 Å². The maximum absolute atomic E-state index is 13.4. The number of unbranched alkanes of at least 4 members (excludes halogenated alkanes) is 1. The molecular formula is C22H23FN3O6S-. The molecule has 11 heteroatoms. The van der Waals surface area contributed by atoms with Crippen LogP contribution in [0.2, 0.25) is 0 Å². The van der Waals surface area contributed by atoms with Crippen LogP contribution in [0.5, 0.6) is 0 Å². The number of aromatic nitrogens is 1. The number of amides is 1. The average Bonchev–Trinajstić information content (AvgIpc) is 3.16. The number of rotatable bonds is 9. The summed E-state index contributed by atoms with van der Waals surface area (Å²) < 4.78 is 48.7. The number of furan rings is 1. The molecule has 9 nitrogen and oxygen atoms in total. The van der Waals surface area contributed by atoms with Gasteiger partial charge in [0, 0.05) is 36.8 Å². The molecule has 2 aromatic heterocycles. The van der Waals surface area contributed by atoms with Gasteiger partial charge in [0.25, 0.3) is 5.91 Å². The summed E-state index contributed by atoms with van der Waals surface area (Å²) in [7, 11) is 2.77. The molecule has 0 aliphatic heterocycles. The lowest BCUT2D eigenvalue weighted by atomic mass is 10.0. The van der Waals surface area contributed by atoms with E-state index in [1.165, 1.54) is 38.4 Å². The minimum atomic E-state index is -2.63. The molecule has 33 heavy (non-hydrogen) atoms. The van der Waals surface area contributed by atoms with Crippen molar-refractivity contribution in [3.05, 3.63) is 47.3 Å². The van der Waals surface area contributed by atoms with Crippen LogP contribution in [0, 0.1) is 12.7 Å². The van der Waals surface area contributed by atoms with E-state index < -0.39 is 23.0 Å². The molecule has 0 fully saturated rings. The van der Waals surface area contributed by atoms with Gasteiger partial charge in [-0.05, 0) is 55.7 Å². The number of ether oxygens (including phenoxy) is 1. The van der Waals surface area contributed by atoms with Gasteiger partial charge in [-0.25, -0.2) is 4.39 Å². The summed E-state index contributed by atoms with van der Waals surface area (Å²) in [6.45, 7) is 1.77. The predicted molar refractivity (Wildman–Crippen MR) is 120 cm³/mol. The molecule has 0 bridgehead atoms. The van der Waals surface area contributed by atoms with Crippen molar-refractivity contribution in [2.45, 2.75) is 26.2 Å². The SMILES string of the molecule is CNC(=O)c1c(-c2ccc(F)cc2)oc2nc(N(CCCCC(=O)OC)S(=O)[O-])c(C)cc12. The molecule has 1 N–H and O–H groups in total. The number of fused-ring (bicyclic) bond motifs is 1. The molecule has 0 radical (unpaired) electrons. The van der Waals surface area contributed by atoms with Crippen LogP contribution in [0.15, 0.2) is 34.7 Å². The van der Waals surface area contributed by atoms with Crippen LogP contribution in [0.3, 0.4) is 0 Å². The largest absolute Gasteiger partial charge is 0.755 e. The number of hydrogen-bond acceptors (Lipinski definition) is 7. The van der Waals surface area contributed by atoms with Gasteiger partial charge in [0.05, 0.1) is 18.1 Å². The molecule has 1 atom stereocenters. The van der Waals surface area contributed by atoms with Gasteiger partial charge in [0.1, 0.15) is 17.4 Å². The summed E-state index contributed by atoms with van der Waals surface area (Å²) in [6.07, 6.45) is 1.03. The quantitative estimate of drug-likeness (QED) is 0.285. The molecule has 0 aliphatic carbocycles. The van der Waals surface area contributed by atoms with E-state index in [1.807, 2.05) is 0 Å². The second-order valence-electron chi connectivity index (χ2n) is 7.23. The van der Waals surface area contributed by atoms with Crippen molar-refractivity contribution in [3.63, 3.8) is 0 Å². The van der Waals surface area contributed by atoms with E-state index in [-0.39, 0.29) is 41.8 Å². The van der Waals surface area contributed by atoms with Crippen LogP contribution < -0.4 is 9.62 Å². The number of methoxy groups -OCH3 is 1. The van der Waals surface area contributed by atoms with Gasteiger partial charge in [-0.2, -0.15) is 4.98 Å². The highest BCUT2D eigenvalue weighted by Gasteiger charge is 2.24. The van der Waals surface area contributed by atoms with Crippen LogP contribution in [-0.2, 0) is 20.8 Å². The molecule has 0 saturated heterocycles. The monoisotopic (exact) mass is 476 g/mol. The Morgan fingerprint density at radius 1 is 1.27 bits per heavy atom. The second kappa shape index (κ2) is 10.5. The standard InChI is InChI=1S/C22H24FN3O6S/c1-13-12-16-18(21(28)24-2)19(14-7-9-15(23)10-8-14)32-22(16)25-20(13)26(33(29)30)11-5-4-6-17(27)31-3/h7-10,12H,4-6,11H2,1-3H3,(H,24,28)(H,29,30)/p-1. The minimum Gasteiger partial charge on any atom is -0.755 e. The lowest BCUT2D eigenvalue weighted by molar-refractivity contribution is -0.140. The van der Waals surface area contributed by atoms with Gasteiger partial charge in [-0.3, -0.25) is 18.1 Å². The highest BCUT2D eigenvalue weighted by atomic mass is 32.2. The molecule has 0 aliphatic rings. The van der Waals surface area contributed by atoms with Gasteiger partial charge in [0.15, 0.2) is 0 Å². The van der Waals surface area contributed by atoms with E-state index in [2.05, 4.69) is 15.0 Å². The van der Waals surface area contributed by atoms with Crippen molar-refractivity contribution >= 4 is 40.1 Å². The number of pyridine rings is 1. The maximum Gasteiger partial charge on any atom is 0.305 e. The van der Waals surface area contributed by atoms with E-state index in [0.29, 0.717) is 29.4 Å². The molecule has 0 saturated carbocycles. The first kappa shape index (κ1) is 24.3. The van der Waals surface area contributed by atoms with Crippen molar-refractivity contribution < 1.29 is 31.9 Å². The van der Waals surface area contributed by atoms with Crippen molar-refractivity contribution in [2.75, 3.05) is 25.0 Å². The Kier molecular flexibility index (Phi) is 7.77. The molecule has 0 spiro atoms. The molecule has 176 valence electrons. The zero-order valence-corrected chi connectivity index (χ0v) is 19.2. The van der Waals surface area contributed by atoms with Crippen LogP contribution in [0.25, 0.3) is 22.4 Å². The van der Waals surface area contributed by atoms with Gasteiger partial charge in [-0.15, -0.1) is 0 Å². The first-order chi connectivity index (χ1) is 15.8. The second-order valence-corrected chi connectivity index (χ2v) is 8.10. The zero-order valence-electron chi connectivity index (χ0n) is 18.3. The summed E-state index contributed by atoms with van der Waals surface area (Å²) in [5.41, 5.74) is 1.27. The predicted octanol–water partition coefficient (Wildman–Crippen LogP) is 3.25. The van der Waals surface area contributed by atoms with Crippen molar-refractivity contribution in [3.8, 4) is 11.3 Å². The summed E-state index contributed by atoms with van der Waals surface area (Å²) in [5.74, 6) is -0.883. The molecule has 3 rings (SSSR count). The summed E-state index contributed by atoms with van der Waals surface area (Å²) in [6, 6.07) is 7.09. The van der Waals surface area contributed by atoms with Crippen molar-refractivity contribution in [1.82, 2.24) is 10.3 Å². The van der Waals surface area contributed by atoms with Crippen molar-refractivity contribution in [2.24, 2.45) is 0 Å². The molecular weight excluding hydrogens is 453 g/mol. The van der Waals surface area contributed by atoms with Gasteiger partial charge >= 0.3 is 5.97 Å². The normalized spacial score (nSPS) is 11.9. The third-order valence-corrected chi connectivity index (χ3v) is 5.76. The first-order valence-corrected chi connectivity index (χ1v) is 11.2. The fourth-order valence-corrected chi connectivity index (χ4v) is 4.00. The Balaban J connectivity index is 2.03. The molecule has 1 aromatic carbocycles. The topological polar surface area (TPSA) is 125 Å². The highest BCUT2D eigenvalue weighted by Crippen LogP contribution is 2.35. The molecule has 3 aromatic rings. The maximum atomic E-state index is 13.4. The van der Waals surface area contributed by atoms with Crippen LogP contribution in [0.4, 0.5) is 10.2 Å². The Hall–Kier alpha value is -3.31. The number of nitrogens with zero attached hydrogens (tertiary/aromatic N) is 2. The smallest absolute Gasteiger partial charge is 0.305 e. The first-order valence-electron chi connectivity index (χ1n) is 10.1. The third kappa shape index (κ3) is 5.37. The van der Waals surface area contributed by atoms with Crippen LogP contribution in [0.1, 0.15) is 35.2 Å². The number of carbonyl (C=O) groups excluding carboxylic acids is 2. The number of aryl methyl sites for hydroxylation is 1. The minimum absolute atomic E-state index is 0.0681. The number of nitrogens with one attached hydrogen (secondary N) is 1. The van der Waals surface area contributed by atoms with Crippen LogP contribution >= 0.6 is 0 Å². The number of anilines is 1. The third-order valence-electron chi connectivity index (χ3n) is 5.04. The summed E-state index contributed by atoms with van der Waals surface area (Å²) in [5, 5.41) is 2.96. The van der Waals surface area contributed by atoms with E-state index in [4.69, 9.17) is 4.42 Å². The fraction of sp³-hybridized carbons (Fsp3) is 0.318. The zero-order chi connectivity index (χ0) is 24.1. The number of benzene rings is 1. The van der Waals surface area contributed by atoms with E-state index in [0.717, 1.165) is 4.31 Å². The fourth-order valence-electron chi connectivity index (χ4n) is 3.40. The van der Waals surface area contributed by atoms with Gasteiger partial charge < -0.3 is 19.0 Å². The number of esters is 1.